The van der Waals surface area contributed by atoms with E-state index in [1.807, 2.05) is 11.9 Å². The highest BCUT2D eigenvalue weighted by Gasteiger charge is 2.27. The van der Waals surface area contributed by atoms with E-state index in [9.17, 15) is 4.79 Å². The number of aliphatic carboxylic acids is 1. The van der Waals surface area contributed by atoms with Crippen LogP contribution in [0, 0.1) is 0 Å². The molecule has 0 saturated carbocycles. The molecule has 0 amide bonds. The number of carboxylic acids is 1. The van der Waals surface area contributed by atoms with E-state index >= 15 is 0 Å². The summed E-state index contributed by atoms with van der Waals surface area (Å²) in [6.45, 7) is 14.9. The summed E-state index contributed by atoms with van der Waals surface area (Å²) in [5.41, 5.74) is 0.932. The van der Waals surface area contributed by atoms with Gasteiger partial charge < -0.3 is 10.0 Å². The first-order valence-corrected chi connectivity index (χ1v) is 9.95. The number of anilines is 1. The fraction of sp³-hybridized carbons (Fsp3) is 0.762. The molecule has 27 heavy (non-hydrogen) atoms. The number of rotatable bonds is 4. The number of aromatic nitrogens is 2. The largest absolute Gasteiger partial charge is 0.480 e. The van der Waals surface area contributed by atoms with E-state index in [1.165, 1.54) is 0 Å². The minimum Gasteiger partial charge on any atom is -0.480 e. The molecule has 0 aromatic carbocycles. The van der Waals surface area contributed by atoms with Crippen molar-refractivity contribution in [3.05, 3.63) is 17.6 Å². The van der Waals surface area contributed by atoms with Crippen LogP contribution in [0.25, 0.3) is 0 Å². The quantitative estimate of drug-likeness (QED) is 0.868. The molecule has 152 valence electrons. The van der Waals surface area contributed by atoms with Gasteiger partial charge in [-0.25, -0.2) is 9.97 Å². The maximum atomic E-state index is 11.0. The zero-order valence-electron chi connectivity index (χ0n) is 18.0. The van der Waals surface area contributed by atoms with Gasteiger partial charge in [-0.15, -0.1) is 0 Å². The van der Waals surface area contributed by atoms with Gasteiger partial charge in [0.25, 0.3) is 0 Å². The Morgan fingerprint density at radius 1 is 1.15 bits per heavy atom. The molecule has 2 heterocycles. The van der Waals surface area contributed by atoms with Crippen molar-refractivity contribution < 1.29 is 9.90 Å². The summed E-state index contributed by atoms with van der Waals surface area (Å²) < 4.78 is 0. The van der Waals surface area contributed by atoms with Crippen LogP contribution in [0.3, 0.4) is 0 Å². The van der Waals surface area contributed by atoms with Crippen LogP contribution >= 0.6 is 0 Å². The van der Waals surface area contributed by atoms with Crippen molar-refractivity contribution in [2.45, 2.75) is 77.7 Å². The molecule has 0 bridgehead atoms. The molecule has 1 aliphatic heterocycles. The van der Waals surface area contributed by atoms with Gasteiger partial charge in [0.15, 0.2) is 0 Å². The van der Waals surface area contributed by atoms with Crippen LogP contribution in [0.5, 0.6) is 0 Å². The Morgan fingerprint density at radius 2 is 1.81 bits per heavy atom. The Hall–Kier alpha value is -1.69. The zero-order chi connectivity index (χ0) is 20.4. The van der Waals surface area contributed by atoms with Crippen LogP contribution in [0.15, 0.2) is 6.07 Å². The van der Waals surface area contributed by atoms with E-state index in [2.05, 4.69) is 52.5 Å². The fourth-order valence-corrected chi connectivity index (χ4v) is 3.41. The van der Waals surface area contributed by atoms with E-state index in [-0.39, 0.29) is 17.4 Å². The summed E-state index contributed by atoms with van der Waals surface area (Å²) in [7, 11) is 1.91. The van der Waals surface area contributed by atoms with Crippen LogP contribution < -0.4 is 4.90 Å². The molecule has 0 aliphatic carbocycles. The molecule has 1 aromatic heterocycles. The molecule has 6 nitrogen and oxygen atoms in total. The first-order valence-electron chi connectivity index (χ1n) is 9.95. The van der Waals surface area contributed by atoms with Gasteiger partial charge in [0.1, 0.15) is 11.6 Å². The number of nitrogens with zero attached hydrogens (tertiary/aromatic N) is 4. The molecule has 0 spiro atoms. The second-order valence-electron chi connectivity index (χ2n) is 9.82. The Bertz CT molecular complexity index is 629. The van der Waals surface area contributed by atoms with Gasteiger partial charge >= 0.3 is 5.97 Å². The average molecular weight is 377 g/mol. The highest BCUT2D eigenvalue weighted by molar-refractivity contribution is 5.69. The highest BCUT2D eigenvalue weighted by atomic mass is 16.4. The van der Waals surface area contributed by atoms with Gasteiger partial charge in [-0.3, -0.25) is 9.69 Å². The zero-order valence-corrected chi connectivity index (χ0v) is 18.0. The van der Waals surface area contributed by atoms with Crippen molar-refractivity contribution in [3.63, 3.8) is 0 Å². The summed E-state index contributed by atoms with van der Waals surface area (Å²) in [5, 5.41) is 9.06. The van der Waals surface area contributed by atoms with Crippen LogP contribution in [-0.4, -0.2) is 58.7 Å². The lowest BCUT2D eigenvalue weighted by molar-refractivity contribution is -0.138. The SMILES string of the molecule is CN(CC(=O)O)C1CCCN(c2cc(C(C)(C)C)nc(C(C)(C)C)n2)CC1. The monoisotopic (exact) mass is 376 g/mol. The number of hydrogen-bond donors (Lipinski definition) is 1. The molecule has 0 radical (unpaired) electrons. The molecule has 1 unspecified atom stereocenters. The topological polar surface area (TPSA) is 69.6 Å². The second kappa shape index (κ2) is 8.13. The van der Waals surface area contributed by atoms with E-state index < -0.39 is 5.97 Å². The number of carboxylic acid groups (broad SMARTS) is 1. The third kappa shape index (κ3) is 5.89. The first kappa shape index (κ1) is 21.6. The summed E-state index contributed by atoms with van der Waals surface area (Å²) in [6, 6.07) is 2.44. The van der Waals surface area contributed by atoms with Crippen LogP contribution in [0.2, 0.25) is 0 Å². The maximum absolute atomic E-state index is 11.0. The minimum absolute atomic E-state index is 0.0339. The Kier molecular flexibility index (Phi) is 6.51. The predicted molar refractivity (Wildman–Crippen MR) is 110 cm³/mol. The molecular weight excluding hydrogens is 340 g/mol. The van der Waals surface area contributed by atoms with Gasteiger partial charge in [-0.05, 0) is 26.3 Å². The number of carbonyl (C=O) groups is 1. The van der Waals surface area contributed by atoms with Gasteiger partial charge in [0.2, 0.25) is 0 Å². The van der Waals surface area contributed by atoms with E-state index in [0.29, 0.717) is 6.04 Å². The third-order valence-electron chi connectivity index (χ3n) is 5.18. The lowest BCUT2D eigenvalue weighted by Gasteiger charge is -2.28. The summed E-state index contributed by atoms with van der Waals surface area (Å²) in [4.78, 5) is 25.1. The van der Waals surface area contributed by atoms with Crippen molar-refractivity contribution in [1.82, 2.24) is 14.9 Å². The molecular formula is C21H36N4O2. The Balaban J connectivity index is 2.25. The number of likely N-dealkylation sites (N-methyl/N-ethyl adjacent to an activating group) is 1. The molecule has 1 saturated heterocycles. The van der Waals surface area contributed by atoms with Crippen molar-refractivity contribution in [2.24, 2.45) is 0 Å². The van der Waals surface area contributed by atoms with Crippen molar-refractivity contribution in [3.8, 4) is 0 Å². The molecule has 1 fully saturated rings. The van der Waals surface area contributed by atoms with Gasteiger partial charge in [-0.1, -0.05) is 41.5 Å². The molecule has 1 atom stereocenters. The molecule has 1 N–H and O–H groups in total. The van der Waals surface area contributed by atoms with Gasteiger partial charge in [0, 0.05) is 36.0 Å². The summed E-state index contributed by atoms with van der Waals surface area (Å²) in [6.07, 6.45) is 3.00. The van der Waals surface area contributed by atoms with E-state index in [4.69, 9.17) is 15.1 Å². The second-order valence-corrected chi connectivity index (χ2v) is 9.82. The fourth-order valence-electron chi connectivity index (χ4n) is 3.41. The van der Waals surface area contributed by atoms with Crippen LogP contribution in [0.4, 0.5) is 5.82 Å². The Morgan fingerprint density at radius 3 is 2.37 bits per heavy atom. The standard InChI is InChI=1S/C21H36N4O2/c1-20(2,3)16-13-17(23-19(22-16)21(4,5)6)25-11-8-9-15(10-12-25)24(7)14-18(26)27/h13,15H,8-12,14H2,1-7H3,(H,26,27). The molecule has 6 heteroatoms. The number of hydrogen-bond acceptors (Lipinski definition) is 5. The van der Waals surface area contributed by atoms with E-state index in [0.717, 1.165) is 49.7 Å². The van der Waals surface area contributed by atoms with Gasteiger partial charge in [0.05, 0.1) is 12.2 Å². The summed E-state index contributed by atoms with van der Waals surface area (Å²) >= 11 is 0. The van der Waals surface area contributed by atoms with Crippen molar-refractivity contribution in [1.29, 1.82) is 0 Å². The Labute approximate surface area is 164 Å². The smallest absolute Gasteiger partial charge is 0.317 e. The average Bonchev–Trinajstić information content (AvgIpc) is 2.78. The molecule has 1 aliphatic rings. The lowest BCUT2D eigenvalue weighted by Crippen LogP contribution is -2.36. The molecule has 1 aromatic rings. The normalized spacial score (nSPS) is 19.3. The van der Waals surface area contributed by atoms with Gasteiger partial charge in [-0.2, -0.15) is 0 Å². The van der Waals surface area contributed by atoms with E-state index in [1.54, 1.807) is 0 Å². The lowest BCUT2D eigenvalue weighted by atomic mass is 9.90. The van der Waals surface area contributed by atoms with Crippen molar-refractivity contribution >= 4 is 11.8 Å². The third-order valence-corrected chi connectivity index (χ3v) is 5.18. The maximum Gasteiger partial charge on any atom is 0.317 e. The van der Waals surface area contributed by atoms with Crippen LogP contribution in [0.1, 0.15) is 72.3 Å². The molecule has 2 rings (SSSR count). The first-order chi connectivity index (χ1) is 12.4. The summed E-state index contributed by atoms with van der Waals surface area (Å²) in [5.74, 6) is 1.12. The minimum atomic E-state index is -0.765. The van der Waals surface area contributed by atoms with Crippen molar-refractivity contribution in [2.75, 3.05) is 31.6 Å². The van der Waals surface area contributed by atoms with Crippen LogP contribution in [-0.2, 0) is 15.6 Å². The predicted octanol–water partition coefficient (Wildman–Crippen LogP) is 3.45. The highest BCUT2D eigenvalue weighted by Crippen LogP contribution is 2.29.